The number of hydrogen-bond donors (Lipinski definition) is 1. The van der Waals surface area contributed by atoms with Crippen LogP contribution in [0.2, 0.25) is 0 Å². The Morgan fingerprint density at radius 1 is 1.14 bits per heavy atom. The fourth-order valence-corrected chi connectivity index (χ4v) is 3.93. The summed E-state index contributed by atoms with van der Waals surface area (Å²) in [6.45, 7) is -0.00244. The van der Waals surface area contributed by atoms with E-state index in [2.05, 4.69) is 5.32 Å². The fraction of sp³-hybridized carbons (Fsp3) is 0.381. The van der Waals surface area contributed by atoms with E-state index in [0.29, 0.717) is 18.5 Å². The lowest BCUT2D eigenvalue weighted by atomic mass is 9.87. The molecule has 0 spiro atoms. The molecule has 0 unspecified atom stereocenters. The highest BCUT2D eigenvalue weighted by Gasteiger charge is 2.49. The van der Waals surface area contributed by atoms with Crippen LogP contribution >= 0.6 is 0 Å². The lowest BCUT2D eigenvalue weighted by molar-refractivity contribution is -0.170. The number of nitrogens with one attached hydrogen (secondary N) is 1. The summed E-state index contributed by atoms with van der Waals surface area (Å²) in [4.78, 5) is 14.6. The zero-order chi connectivity index (χ0) is 19.7. The quantitative estimate of drug-likeness (QED) is 0.858. The minimum atomic E-state index is -3.31. The van der Waals surface area contributed by atoms with Crippen molar-refractivity contribution < 1.29 is 22.7 Å². The summed E-state index contributed by atoms with van der Waals surface area (Å²) in [5, 5.41) is 2.60. The van der Waals surface area contributed by atoms with Gasteiger partial charge in [-0.3, -0.25) is 4.79 Å². The number of carbonyl (C=O) groups is 1. The van der Waals surface area contributed by atoms with Gasteiger partial charge in [-0.15, -0.1) is 0 Å². The molecule has 28 heavy (non-hydrogen) atoms. The van der Waals surface area contributed by atoms with Crippen LogP contribution < -0.4 is 5.32 Å². The summed E-state index contributed by atoms with van der Waals surface area (Å²) in [6.07, 6.45) is -1.27. The van der Waals surface area contributed by atoms with E-state index in [1.165, 1.54) is 17.0 Å². The number of benzene rings is 2. The van der Waals surface area contributed by atoms with Crippen molar-refractivity contribution in [2.24, 2.45) is 0 Å². The van der Waals surface area contributed by atoms with Crippen LogP contribution in [0, 0.1) is 5.82 Å². The van der Waals surface area contributed by atoms with Crippen LogP contribution in [0.3, 0.4) is 0 Å². The maximum atomic E-state index is 14.5. The lowest BCUT2D eigenvalue weighted by Gasteiger charge is -2.40. The third-order valence-electron chi connectivity index (χ3n) is 5.28. The highest BCUT2D eigenvalue weighted by Crippen LogP contribution is 2.37. The molecule has 2 aliphatic rings. The highest BCUT2D eigenvalue weighted by molar-refractivity contribution is 5.83. The summed E-state index contributed by atoms with van der Waals surface area (Å²) >= 11 is 0. The smallest absolute Gasteiger partial charge is 0.294 e. The van der Waals surface area contributed by atoms with E-state index in [1.54, 1.807) is 12.1 Å². The minimum Gasteiger partial charge on any atom is -0.361 e. The number of nitrogens with zero attached hydrogens (tertiary/aromatic N) is 1. The van der Waals surface area contributed by atoms with Crippen molar-refractivity contribution >= 4 is 5.91 Å². The van der Waals surface area contributed by atoms with Gasteiger partial charge in [0.15, 0.2) is 0 Å². The third kappa shape index (κ3) is 3.52. The second-order valence-electron chi connectivity index (χ2n) is 7.12. The van der Waals surface area contributed by atoms with Crippen molar-refractivity contribution in [1.29, 1.82) is 0 Å². The molecule has 0 radical (unpaired) electrons. The highest BCUT2D eigenvalue weighted by atomic mass is 19.3. The van der Waals surface area contributed by atoms with Crippen LogP contribution in [0.25, 0.3) is 0 Å². The number of alkyl halides is 2. The maximum Gasteiger partial charge on any atom is 0.294 e. The van der Waals surface area contributed by atoms with Gasteiger partial charge in [-0.2, -0.15) is 0 Å². The summed E-state index contributed by atoms with van der Waals surface area (Å²) in [7, 11) is 0. The van der Waals surface area contributed by atoms with Crippen LogP contribution in [0.4, 0.5) is 13.2 Å². The van der Waals surface area contributed by atoms with E-state index < -0.39 is 36.3 Å². The lowest BCUT2D eigenvalue weighted by Crippen LogP contribution is -2.54. The Morgan fingerprint density at radius 2 is 1.89 bits per heavy atom. The van der Waals surface area contributed by atoms with Gasteiger partial charge in [0.1, 0.15) is 5.82 Å². The van der Waals surface area contributed by atoms with Gasteiger partial charge in [0.05, 0.1) is 19.2 Å². The molecule has 2 aliphatic heterocycles. The molecule has 148 valence electrons. The van der Waals surface area contributed by atoms with Crippen LogP contribution in [0.15, 0.2) is 48.5 Å². The molecule has 2 heterocycles. The normalized spacial score (nSPS) is 24.3. The van der Waals surface area contributed by atoms with E-state index in [9.17, 15) is 18.0 Å². The number of amides is 1. The number of halogens is 3. The van der Waals surface area contributed by atoms with Crippen LogP contribution in [-0.2, 0) is 16.0 Å². The predicted octanol–water partition coefficient (Wildman–Crippen LogP) is 2.92. The van der Waals surface area contributed by atoms with Gasteiger partial charge in [0, 0.05) is 13.1 Å². The zero-order valence-corrected chi connectivity index (χ0v) is 15.2. The fourth-order valence-electron chi connectivity index (χ4n) is 3.93. The Kier molecular flexibility index (Phi) is 5.12. The molecule has 7 heteroatoms. The first-order valence-corrected chi connectivity index (χ1v) is 9.31. The molecule has 0 aliphatic carbocycles. The molecule has 0 saturated carbocycles. The van der Waals surface area contributed by atoms with E-state index in [1.807, 2.05) is 24.3 Å². The molecular weight excluding hydrogens is 369 g/mol. The number of rotatable bonds is 2. The standard InChI is InChI=1S/C21H21F3N2O2/c22-16-7-5-15(6-8-16)18-17-4-2-1-3-14(17)9-11-26(18)20(27)19-21(23,24)13-25-10-12-28-19/h1-8,18-19,25H,9-13H2/t18-,19-/m0/s1. The van der Waals surface area contributed by atoms with Gasteiger partial charge in [-0.25, -0.2) is 13.2 Å². The SMILES string of the molecule is O=C([C@@H]1OCCNCC1(F)F)N1CCc2ccccc2[C@@H]1c1ccc(F)cc1. The number of ether oxygens (including phenoxy) is 1. The molecule has 1 amide bonds. The number of carbonyl (C=O) groups excluding carboxylic acids is 1. The number of hydrogen-bond acceptors (Lipinski definition) is 3. The van der Waals surface area contributed by atoms with Crippen molar-refractivity contribution in [2.75, 3.05) is 26.2 Å². The van der Waals surface area contributed by atoms with Crippen molar-refractivity contribution in [3.8, 4) is 0 Å². The van der Waals surface area contributed by atoms with Crippen LogP contribution in [-0.4, -0.2) is 49.1 Å². The molecule has 0 aromatic heterocycles. The molecule has 1 N–H and O–H groups in total. The van der Waals surface area contributed by atoms with E-state index in [4.69, 9.17) is 4.74 Å². The van der Waals surface area contributed by atoms with Crippen molar-refractivity contribution in [1.82, 2.24) is 10.2 Å². The molecule has 4 rings (SSSR count). The molecule has 0 bridgehead atoms. The van der Waals surface area contributed by atoms with Crippen molar-refractivity contribution in [2.45, 2.75) is 24.5 Å². The second-order valence-corrected chi connectivity index (χ2v) is 7.12. The molecular formula is C21H21F3N2O2. The molecule has 2 aromatic carbocycles. The average molecular weight is 390 g/mol. The predicted molar refractivity (Wildman–Crippen MR) is 97.7 cm³/mol. The monoisotopic (exact) mass is 390 g/mol. The summed E-state index contributed by atoms with van der Waals surface area (Å²) < 4.78 is 47.8. The molecule has 4 nitrogen and oxygen atoms in total. The second kappa shape index (κ2) is 7.56. The van der Waals surface area contributed by atoms with Gasteiger partial charge >= 0.3 is 0 Å². The zero-order valence-electron chi connectivity index (χ0n) is 15.2. The largest absolute Gasteiger partial charge is 0.361 e. The Hall–Kier alpha value is -2.38. The van der Waals surface area contributed by atoms with Crippen molar-refractivity contribution in [3.63, 3.8) is 0 Å². The van der Waals surface area contributed by atoms with Gasteiger partial charge < -0.3 is 15.0 Å². The van der Waals surface area contributed by atoms with Crippen LogP contribution in [0.1, 0.15) is 22.7 Å². The summed E-state index contributed by atoms with van der Waals surface area (Å²) in [5.41, 5.74) is 2.59. The molecule has 1 saturated heterocycles. The van der Waals surface area contributed by atoms with Crippen molar-refractivity contribution in [3.05, 3.63) is 71.0 Å². The first kappa shape index (κ1) is 19.0. The first-order chi connectivity index (χ1) is 13.5. The Balaban J connectivity index is 1.74. The van der Waals surface area contributed by atoms with Gasteiger partial charge in [0.2, 0.25) is 6.10 Å². The first-order valence-electron chi connectivity index (χ1n) is 9.31. The Morgan fingerprint density at radius 3 is 2.68 bits per heavy atom. The molecule has 2 atom stereocenters. The topological polar surface area (TPSA) is 41.6 Å². The van der Waals surface area contributed by atoms with Crippen LogP contribution in [0.5, 0.6) is 0 Å². The van der Waals surface area contributed by atoms with E-state index >= 15 is 0 Å². The average Bonchev–Trinajstić information content (AvgIpc) is 2.87. The third-order valence-corrected chi connectivity index (χ3v) is 5.28. The Bertz CT molecular complexity index is 857. The minimum absolute atomic E-state index is 0.0393. The maximum absolute atomic E-state index is 14.5. The van der Waals surface area contributed by atoms with Gasteiger partial charge in [0.25, 0.3) is 11.8 Å². The number of fused-ring (bicyclic) bond motifs is 1. The van der Waals surface area contributed by atoms with Gasteiger partial charge in [-0.1, -0.05) is 36.4 Å². The van der Waals surface area contributed by atoms with Gasteiger partial charge in [-0.05, 0) is 35.2 Å². The van der Waals surface area contributed by atoms with E-state index in [0.717, 1.165) is 11.1 Å². The summed E-state index contributed by atoms with van der Waals surface area (Å²) in [6, 6.07) is 12.9. The molecule has 2 aromatic rings. The van der Waals surface area contributed by atoms with E-state index in [-0.39, 0.29) is 13.2 Å². The Labute approximate surface area is 161 Å². The summed E-state index contributed by atoms with van der Waals surface area (Å²) in [5.74, 6) is -4.44. The molecule has 1 fully saturated rings.